The molecule has 1 amide bonds. The number of hydrogen-bond acceptors (Lipinski definition) is 3. The van der Waals surface area contributed by atoms with Crippen LogP contribution < -0.4 is 11.1 Å². The number of benzene rings is 1. The Bertz CT molecular complexity index is 557. The van der Waals surface area contributed by atoms with Crippen molar-refractivity contribution in [3.05, 3.63) is 59.9 Å². The number of nitrogens with two attached hydrogens (primary N) is 1. The minimum absolute atomic E-state index is 0. The maximum Gasteiger partial charge on any atom is 0.226 e. The van der Waals surface area contributed by atoms with E-state index in [9.17, 15) is 4.79 Å². The molecule has 0 aliphatic carbocycles. The third kappa shape index (κ3) is 5.08. The smallest absolute Gasteiger partial charge is 0.226 e. The van der Waals surface area contributed by atoms with E-state index in [2.05, 4.69) is 17.2 Å². The normalized spacial score (nSPS) is 11.3. The summed E-state index contributed by atoms with van der Waals surface area (Å²) in [5.41, 5.74) is 8.02. The molecule has 0 fully saturated rings. The number of hydrogen-bond donors (Lipinski definition) is 2. The van der Waals surface area contributed by atoms with Gasteiger partial charge in [-0.25, -0.2) is 0 Å². The van der Waals surface area contributed by atoms with Crippen LogP contribution in [0.2, 0.25) is 0 Å². The highest BCUT2D eigenvalue weighted by atomic mass is 35.5. The van der Waals surface area contributed by atoms with Crippen LogP contribution in [0.15, 0.2) is 48.7 Å². The lowest BCUT2D eigenvalue weighted by molar-refractivity contribution is -0.121. The van der Waals surface area contributed by atoms with E-state index in [4.69, 9.17) is 5.73 Å². The summed E-state index contributed by atoms with van der Waals surface area (Å²) in [6.07, 6.45) is 2.69. The molecule has 1 heterocycles. The molecule has 5 heteroatoms. The SMILES string of the molecule is CCC(NC(=O)Cc1ccc(N)cn1)c1ccccc1.Cl. The molecule has 21 heavy (non-hydrogen) atoms. The molecule has 0 bridgehead atoms. The first-order chi connectivity index (χ1) is 9.69. The second kappa shape index (κ2) is 8.27. The predicted octanol–water partition coefficient (Wildman–Crippen LogP) is 2.90. The number of carbonyl (C=O) groups excluding carboxylic acids is 1. The molecule has 1 atom stereocenters. The van der Waals surface area contributed by atoms with Gasteiger partial charge in [-0.15, -0.1) is 12.4 Å². The Labute approximate surface area is 131 Å². The van der Waals surface area contributed by atoms with Crippen molar-refractivity contribution in [2.45, 2.75) is 25.8 Å². The summed E-state index contributed by atoms with van der Waals surface area (Å²) in [7, 11) is 0. The number of amides is 1. The quantitative estimate of drug-likeness (QED) is 0.892. The minimum atomic E-state index is -0.0297. The zero-order valence-electron chi connectivity index (χ0n) is 12.0. The predicted molar refractivity (Wildman–Crippen MR) is 87.2 cm³/mol. The lowest BCUT2D eigenvalue weighted by atomic mass is 10.0. The monoisotopic (exact) mass is 305 g/mol. The van der Waals surface area contributed by atoms with Crippen molar-refractivity contribution in [1.82, 2.24) is 10.3 Å². The standard InChI is InChI=1S/C16H19N3O.ClH/c1-2-15(12-6-4-3-5-7-12)19-16(20)10-14-9-8-13(17)11-18-14;/h3-9,11,15H,2,10,17H2,1H3,(H,19,20);1H. The van der Waals surface area contributed by atoms with Crippen LogP contribution in [0.5, 0.6) is 0 Å². The molecule has 0 spiro atoms. The van der Waals surface area contributed by atoms with Gasteiger partial charge in [0.2, 0.25) is 5.91 Å². The van der Waals surface area contributed by atoms with Crippen LogP contribution in [-0.4, -0.2) is 10.9 Å². The Morgan fingerprint density at radius 2 is 1.95 bits per heavy atom. The number of pyridine rings is 1. The fourth-order valence-corrected chi connectivity index (χ4v) is 2.06. The average molecular weight is 306 g/mol. The summed E-state index contributed by atoms with van der Waals surface area (Å²) in [4.78, 5) is 16.2. The lowest BCUT2D eigenvalue weighted by Gasteiger charge is -2.17. The van der Waals surface area contributed by atoms with Crippen LogP contribution >= 0.6 is 12.4 Å². The van der Waals surface area contributed by atoms with Crippen LogP contribution in [0.25, 0.3) is 0 Å². The summed E-state index contributed by atoms with van der Waals surface area (Å²) in [5.74, 6) is -0.0297. The third-order valence-electron chi connectivity index (χ3n) is 3.13. The molecule has 0 saturated heterocycles. The molecule has 2 aromatic rings. The second-order valence-electron chi connectivity index (χ2n) is 4.70. The van der Waals surface area contributed by atoms with Crippen molar-refractivity contribution in [1.29, 1.82) is 0 Å². The number of anilines is 1. The molecule has 4 nitrogen and oxygen atoms in total. The lowest BCUT2D eigenvalue weighted by Crippen LogP contribution is -2.29. The maximum absolute atomic E-state index is 12.1. The fourth-order valence-electron chi connectivity index (χ4n) is 2.06. The van der Waals surface area contributed by atoms with Gasteiger partial charge in [-0.1, -0.05) is 37.3 Å². The molecule has 1 unspecified atom stereocenters. The number of rotatable bonds is 5. The number of nitrogen functional groups attached to an aromatic ring is 1. The zero-order chi connectivity index (χ0) is 14.4. The number of aromatic nitrogens is 1. The highest BCUT2D eigenvalue weighted by Gasteiger charge is 2.12. The number of nitrogens with one attached hydrogen (secondary N) is 1. The van der Waals surface area contributed by atoms with Gasteiger partial charge in [-0.05, 0) is 24.1 Å². The molecular formula is C16H20ClN3O. The molecule has 1 aromatic heterocycles. The highest BCUT2D eigenvalue weighted by Crippen LogP contribution is 2.16. The summed E-state index contributed by atoms with van der Waals surface area (Å²) in [6.45, 7) is 2.05. The number of carbonyl (C=O) groups is 1. The molecule has 0 aliphatic rings. The van der Waals surface area contributed by atoms with Crippen molar-refractivity contribution < 1.29 is 4.79 Å². The molecule has 2 rings (SSSR count). The largest absolute Gasteiger partial charge is 0.397 e. The molecule has 112 valence electrons. The van der Waals surface area contributed by atoms with E-state index >= 15 is 0 Å². The molecule has 1 aromatic carbocycles. The van der Waals surface area contributed by atoms with Crippen LogP contribution in [0, 0.1) is 0 Å². The van der Waals surface area contributed by atoms with Gasteiger partial charge < -0.3 is 11.1 Å². The van der Waals surface area contributed by atoms with Gasteiger partial charge in [-0.2, -0.15) is 0 Å². The zero-order valence-corrected chi connectivity index (χ0v) is 12.8. The van der Waals surface area contributed by atoms with Crippen LogP contribution in [0.4, 0.5) is 5.69 Å². The number of halogens is 1. The van der Waals surface area contributed by atoms with Gasteiger partial charge in [0.15, 0.2) is 0 Å². The Kier molecular flexibility index (Phi) is 6.69. The van der Waals surface area contributed by atoms with Gasteiger partial charge >= 0.3 is 0 Å². The average Bonchev–Trinajstić information content (AvgIpc) is 2.48. The van der Waals surface area contributed by atoms with E-state index in [0.29, 0.717) is 5.69 Å². The molecular weight excluding hydrogens is 286 g/mol. The number of nitrogens with zero attached hydrogens (tertiary/aromatic N) is 1. The van der Waals surface area contributed by atoms with Crippen LogP contribution in [-0.2, 0) is 11.2 Å². The van der Waals surface area contributed by atoms with Crippen molar-refractivity contribution in [3.63, 3.8) is 0 Å². The van der Waals surface area contributed by atoms with Gasteiger partial charge in [0.05, 0.1) is 24.3 Å². The van der Waals surface area contributed by atoms with Crippen LogP contribution in [0.1, 0.15) is 30.6 Å². The first kappa shape index (κ1) is 17.0. The van der Waals surface area contributed by atoms with Gasteiger partial charge in [0.1, 0.15) is 0 Å². The summed E-state index contributed by atoms with van der Waals surface area (Å²) >= 11 is 0. The van der Waals surface area contributed by atoms with E-state index in [-0.39, 0.29) is 30.8 Å². The summed E-state index contributed by atoms with van der Waals surface area (Å²) in [5, 5.41) is 3.04. The summed E-state index contributed by atoms with van der Waals surface area (Å²) in [6, 6.07) is 13.5. The highest BCUT2D eigenvalue weighted by molar-refractivity contribution is 5.85. The maximum atomic E-state index is 12.1. The Morgan fingerprint density at radius 1 is 1.24 bits per heavy atom. The molecule has 3 N–H and O–H groups in total. The van der Waals surface area contributed by atoms with Crippen molar-refractivity contribution >= 4 is 24.0 Å². The van der Waals surface area contributed by atoms with Crippen LogP contribution in [0.3, 0.4) is 0 Å². The van der Waals surface area contributed by atoms with E-state index in [0.717, 1.165) is 17.7 Å². The van der Waals surface area contributed by atoms with E-state index in [1.54, 1.807) is 18.3 Å². The molecule has 0 saturated carbocycles. The Hall–Kier alpha value is -2.07. The van der Waals surface area contributed by atoms with Gasteiger partial charge in [-0.3, -0.25) is 9.78 Å². The van der Waals surface area contributed by atoms with E-state index in [1.807, 2.05) is 30.3 Å². The van der Waals surface area contributed by atoms with Gasteiger partial charge in [0.25, 0.3) is 0 Å². The second-order valence-corrected chi connectivity index (χ2v) is 4.70. The van der Waals surface area contributed by atoms with E-state index in [1.165, 1.54) is 0 Å². The fraction of sp³-hybridized carbons (Fsp3) is 0.250. The van der Waals surface area contributed by atoms with Crippen molar-refractivity contribution in [3.8, 4) is 0 Å². The summed E-state index contributed by atoms with van der Waals surface area (Å²) < 4.78 is 0. The van der Waals surface area contributed by atoms with Gasteiger partial charge in [0, 0.05) is 5.69 Å². The first-order valence-electron chi connectivity index (χ1n) is 6.73. The molecule has 0 aliphatic heterocycles. The first-order valence-corrected chi connectivity index (χ1v) is 6.73. The van der Waals surface area contributed by atoms with Crippen molar-refractivity contribution in [2.24, 2.45) is 0 Å². The molecule has 0 radical (unpaired) electrons. The topological polar surface area (TPSA) is 68.0 Å². The van der Waals surface area contributed by atoms with E-state index < -0.39 is 0 Å². The Morgan fingerprint density at radius 3 is 2.52 bits per heavy atom. The van der Waals surface area contributed by atoms with Crippen molar-refractivity contribution in [2.75, 3.05) is 5.73 Å². The minimum Gasteiger partial charge on any atom is -0.397 e. The third-order valence-corrected chi connectivity index (χ3v) is 3.13. The Balaban J connectivity index is 0.00000220.